The molecule has 1 amide bonds. The van der Waals surface area contributed by atoms with E-state index in [1.807, 2.05) is 0 Å². The third-order valence-corrected chi connectivity index (χ3v) is 3.04. The van der Waals surface area contributed by atoms with Gasteiger partial charge in [-0.15, -0.1) is 0 Å². The molecule has 0 bridgehead atoms. The maximum Gasteiger partial charge on any atom is 0.436 e. The van der Waals surface area contributed by atoms with Crippen molar-refractivity contribution in [3.63, 3.8) is 0 Å². The summed E-state index contributed by atoms with van der Waals surface area (Å²) in [7, 11) is -2.88. The molecule has 0 fully saturated rings. The van der Waals surface area contributed by atoms with Gasteiger partial charge in [0.05, 0.1) is 9.42 Å². The van der Waals surface area contributed by atoms with Crippen LogP contribution >= 0.6 is 0 Å². The summed E-state index contributed by atoms with van der Waals surface area (Å²) in [6.07, 6.45) is 0.367. The van der Waals surface area contributed by atoms with Crippen LogP contribution < -0.4 is 0 Å². The van der Waals surface area contributed by atoms with E-state index in [1.54, 1.807) is 30.3 Å². The van der Waals surface area contributed by atoms with Gasteiger partial charge in [-0.2, -0.15) is 8.42 Å². The van der Waals surface area contributed by atoms with Crippen molar-refractivity contribution in [2.75, 3.05) is 20.4 Å². The van der Waals surface area contributed by atoms with Gasteiger partial charge in [0.25, 0.3) is 0 Å². The van der Waals surface area contributed by atoms with E-state index in [9.17, 15) is 21.6 Å². The molecule has 1 aromatic carbocycles. The highest BCUT2D eigenvalue weighted by Gasteiger charge is 2.03. The van der Waals surface area contributed by atoms with Crippen LogP contribution in [0.2, 0.25) is 0 Å². The SMILES string of the molecule is CN(C)C(=O)ON=S(=O)=O.CS(=O)(=O)c1ccccc1. The molecule has 0 unspecified atom stereocenters. The van der Waals surface area contributed by atoms with Crippen LogP contribution in [-0.2, 0) is 25.2 Å². The lowest BCUT2D eigenvalue weighted by atomic mass is 10.4. The maximum atomic E-state index is 10.8. The van der Waals surface area contributed by atoms with Gasteiger partial charge >= 0.3 is 16.6 Å². The number of carbonyl (C=O) groups excluding carboxylic acids is 1. The van der Waals surface area contributed by atoms with Crippen LogP contribution in [0, 0.1) is 0 Å². The molecule has 0 saturated heterocycles. The lowest BCUT2D eigenvalue weighted by Crippen LogP contribution is -2.20. The first-order valence-corrected chi connectivity index (χ1v) is 8.00. The molecule has 0 aliphatic carbocycles. The fourth-order valence-electron chi connectivity index (χ4n) is 0.812. The molecule has 0 heterocycles. The average molecular weight is 322 g/mol. The molecule has 0 aliphatic heterocycles. The highest BCUT2D eigenvalue weighted by molar-refractivity contribution is 7.90. The van der Waals surface area contributed by atoms with Gasteiger partial charge in [0.1, 0.15) is 0 Å². The molecule has 112 valence electrons. The van der Waals surface area contributed by atoms with Crippen LogP contribution in [0.15, 0.2) is 39.8 Å². The Morgan fingerprint density at radius 2 is 1.70 bits per heavy atom. The zero-order valence-electron chi connectivity index (χ0n) is 11.0. The zero-order valence-corrected chi connectivity index (χ0v) is 12.7. The van der Waals surface area contributed by atoms with Crippen LogP contribution in [0.5, 0.6) is 0 Å². The van der Waals surface area contributed by atoms with E-state index in [4.69, 9.17) is 0 Å². The van der Waals surface area contributed by atoms with Crippen molar-refractivity contribution >= 4 is 26.4 Å². The van der Waals surface area contributed by atoms with E-state index in [2.05, 4.69) is 9.36 Å². The second-order valence-electron chi connectivity index (χ2n) is 3.63. The van der Waals surface area contributed by atoms with Crippen molar-refractivity contribution in [1.82, 2.24) is 4.90 Å². The molecular weight excluding hydrogens is 308 g/mol. The Kier molecular flexibility index (Phi) is 7.47. The topological polar surface area (TPSA) is 110 Å². The van der Waals surface area contributed by atoms with Gasteiger partial charge in [0.15, 0.2) is 9.84 Å². The van der Waals surface area contributed by atoms with Crippen molar-refractivity contribution < 1.29 is 26.5 Å². The van der Waals surface area contributed by atoms with Crippen molar-refractivity contribution in [1.29, 1.82) is 0 Å². The minimum atomic E-state index is -3.00. The number of hydrogen-bond acceptors (Lipinski definition) is 7. The third kappa shape index (κ3) is 8.21. The number of rotatable bonds is 2. The van der Waals surface area contributed by atoms with Crippen molar-refractivity contribution in [3.05, 3.63) is 30.3 Å². The van der Waals surface area contributed by atoms with Crippen molar-refractivity contribution in [2.45, 2.75) is 4.90 Å². The van der Waals surface area contributed by atoms with Gasteiger partial charge in [0, 0.05) is 20.4 Å². The molecule has 0 N–H and O–H groups in total. The van der Waals surface area contributed by atoms with E-state index in [-0.39, 0.29) is 0 Å². The third-order valence-electron chi connectivity index (χ3n) is 1.71. The van der Waals surface area contributed by atoms with Crippen molar-refractivity contribution in [3.8, 4) is 0 Å². The predicted octanol–water partition coefficient (Wildman–Crippen LogP) is 0.752. The van der Waals surface area contributed by atoms with Gasteiger partial charge in [-0.3, -0.25) is 4.84 Å². The zero-order chi connectivity index (χ0) is 15.8. The Balaban J connectivity index is 0.000000361. The van der Waals surface area contributed by atoms with E-state index in [0.717, 1.165) is 4.90 Å². The van der Waals surface area contributed by atoms with E-state index < -0.39 is 26.4 Å². The summed E-state index contributed by atoms with van der Waals surface area (Å²) in [6, 6.07) is 8.35. The summed E-state index contributed by atoms with van der Waals surface area (Å²) < 4.78 is 43.5. The van der Waals surface area contributed by atoms with E-state index >= 15 is 0 Å². The Hall–Kier alpha value is -1.94. The van der Waals surface area contributed by atoms with Gasteiger partial charge in [-0.05, 0) is 12.1 Å². The molecule has 1 rings (SSSR count). The molecule has 20 heavy (non-hydrogen) atoms. The van der Waals surface area contributed by atoms with E-state index in [0.29, 0.717) is 4.90 Å². The number of carbonyl (C=O) groups is 1. The number of hydrogen-bond donors (Lipinski definition) is 0. The monoisotopic (exact) mass is 322 g/mol. The molecule has 0 saturated carbocycles. The van der Waals surface area contributed by atoms with Crippen LogP contribution in [0.4, 0.5) is 4.79 Å². The quantitative estimate of drug-likeness (QED) is 0.743. The summed E-state index contributed by atoms with van der Waals surface area (Å²) in [5.74, 6) is 0. The first-order valence-electron chi connectivity index (χ1n) is 5.08. The predicted molar refractivity (Wildman–Crippen MR) is 71.1 cm³/mol. The summed E-state index contributed by atoms with van der Waals surface area (Å²) in [4.78, 5) is 15.7. The number of benzene rings is 1. The standard InChI is InChI=1S/C7H8O2S.C3H6N2O4S/c1-10(8,9)7-5-3-2-4-6-7;1-5(2)3(6)9-4-10(7)8/h2-6H,1H3;1-2H3. The van der Waals surface area contributed by atoms with Gasteiger partial charge in [0.2, 0.25) is 0 Å². The number of amides is 1. The van der Waals surface area contributed by atoms with E-state index in [1.165, 1.54) is 20.4 Å². The maximum absolute atomic E-state index is 10.8. The van der Waals surface area contributed by atoms with Crippen LogP contribution in [0.25, 0.3) is 0 Å². The second-order valence-corrected chi connectivity index (χ2v) is 6.23. The number of nitrogens with zero attached hydrogens (tertiary/aromatic N) is 2. The second kappa shape index (κ2) is 8.27. The molecular formula is C10H14N2O6S2. The molecule has 0 atom stereocenters. The molecule has 0 aromatic heterocycles. The largest absolute Gasteiger partial charge is 0.436 e. The highest BCUT2D eigenvalue weighted by atomic mass is 32.2. The fraction of sp³-hybridized carbons (Fsp3) is 0.300. The Bertz CT molecular complexity index is 657. The minimum Gasteiger partial charge on any atom is -0.312 e. The lowest BCUT2D eigenvalue weighted by Gasteiger charge is -2.03. The summed E-state index contributed by atoms with van der Waals surface area (Å²) >= 11 is 0. The first-order chi connectivity index (χ1) is 9.14. The molecule has 8 nitrogen and oxygen atoms in total. The molecule has 10 heteroatoms. The molecule has 0 radical (unpaired) electrons. The smallest absolute Gasteiger partial charge is 0.312 e. The van der Waals surface area contributed by atoms with Crippen LogP contribution in [-0.4, -0.2) is 48.2 Å². The van der Waals surface area contributed by atoms with Crippen molar-refractivity contribution in [2.24, 2.45) is 4.53 Å². The van der Waals surface area contributed by atoms with Crippen LogP contribution in [0.1, 0.15) is 0 Å². The lowest BCUT2D eigenvalue weighted by molar-refractivity contribution is 0.124. The molecule has 0 aliphatic rings. The van der Waals surface area contributed by atoms with Crippen LogP contribution in [0.3, 0.4) is 0 Å². The summed E-state index contributed by atoms with van der Waals surface area (Å²) in [5, 5.41) is 0. The van der Waals surface area contributed by atoms with Gasteiger partial charge < -0.3 is 4.90 Å². The summed E-state index contributed by atoms with van der Waals surface area (Å²) in [6.45, 7) is 0. The minimum absolute atomic E-state index is 0.370. The normalized spacial score (nSPS) is 9.75. The van der Waals surface area contributed by atoms with Gasteiger partial charge in [-0.25, -0.2) is 13.2 Å². The summed E-state index contributed by atoms with van der Waals surface area (Å²) in [5.41, 5.74) is 0. The van der Waals surface area contributed by atoms with Gasteiger partial charge in [-0.1, -0.05) is 18.2 Å². The highest BCUT2D eigenvalue weighted by Crippen LogP contribution is 2.05. The molecule has 0 spiro atoms. The Morgan fingerprint density at radius 3 is 2.00 bits per heavy atom. The Labute approximate surface area is 118 Å². The fourth-order valence-corrected chi connectivity index (χ4v) is 1.59. The molecule has 1 aromatic rings. The first kappa shape index (κ1) is 18.1. The average Bonchev–Trinajstić information content (AvgIpc) is 2.36. The Morgan fingerprint density at radius 1 is 1.20 bits per heavy atom. The number of sulfone groups is 1.